The van der Waals surface area contributed by atoms with Gasteiger partial charge in [-0.2, -0.15) is 0 Å². The Balaban J connectivity index is 2.29. The Hall–Kier alpha value is -2.22. The van der Waals surface area contributed by atoms with Crippen molar-refractivity contribution in [2.45, 2.75) is 5.92 Å². The van der Waals surface area contributed by atoms with Gasteiger partial charge in [0.05, 0.1) is 14.2 Å². The topological polar surface area (TPSA) is 18.5 Å². The van der Waals surface area contributed by atoms with Gasteiger partial charge in [0.25, 0.3) is 0 Å². The van der Waals surface area contributed by atoms with Gasteiger partial charge in [0, 0.05) is 5.92 Å². The Morgan fingerprint density at radius 3 is 1.42 bits per heavy atom. The molecule has 0 saturated carbocycles. The van der Waals surface area contributed by atoms with Crippen molar-refractivity contribution in [1.82, 2.24) is 0 Å². The van der Waals surface area contributed by atoms with Crippen LogP contribution in [0, 0.1) is 0 Å². The van der Waals surface area contributed by atoms with Crippen LogP contribution < -0.4 is 9.47 Å². The number of benzene rings is 2. The summed E-state index contributed by atoms with van der Waals surface area (Å²) in [5.41, 5.74) is 2.39. The molecule has 0 radical (unpaired) electrons. The highest BCUT2D eigenvalue weighted by Crippen LogP contribution is 2.28. The lowest BCUT2D eigenvalue weighted by atomic mass is 9.91. The lowest BCUT2D eigenvalue weighted by Gasteiger charge is -2.14. The largest absolute Gasteiger partial charge is 0.497 e. The first-order valence-electron chi connectivity index (χ1n) is 6.19. The molecule has 0 aliphatic carbocycles. The first-order valence-corrected chi connectivity index (χ1v) is 6.19. The van der Waals surface area contributed by atoms with E-state index in [2.05, 4.69) is 30.8 Å². The second-order valence-electron chi connectivity index (χ2n) is 4.26. The van der Waals surface area contributed by atoms with Gasteiger partial charge in [-0.15, -0.1) is 6.58 Å². The molecule has 2 heteroatoms. The Morgan fingerprint density at radius 1 is 0.789 bits per heavy atom. The summed E-state index contributed by atoms with van der Waals surface area (Å²) in [5.74, 6) is 1.90. The third kappa shape index (κ3) is 2.97. The molecule has 2 nitrogen and oxygen atoms in total. The molecule has 0 saturated heterocycles. The van der Waals surface area contributed by atoms with Crippen molar-refractivity contribution in [1.29, 1.82) is 0 Å². The van der Waals surface area contributed by atoms with Crippen LogP contribution in [0.2, 0.25) is 0 Å². The van der Waals surface area contributed by atoms with Gasteiger partial charge in [-0.25, -0.2) is 0 Å². The predicted molar refractivity (Wildman–Crippen MR) is 78.0 cm³/mol. The average molecular weight is 254 g/mol. The summed E-state index contributed by atoms with van der Waals surface area (Å²) in [6.45, 7) is 3.94. The van der Waals surface area contributed by atoms with Crippen LogP contribution in [-0.4, -0.2) is 14.2 Å². The van der Waals surface area contributed by atoms with Crippen molar-refractivity contribution >= 4 is 0 Å². The maximum absolute atomic E-state index is 5.18. The van der Waals surface area contributed by atoms with E-state index in [-0.39, 0.29) is 5.92 Å². The number of hydrogen-bond acceptors (Lipinski definition) is 2. The molecule has 0 spiro atoms. The number of allylic oxidation sites excluding steroid dienone is 1. The highest BCUT2D eigenvalue weighted by atomic mass is 16.5. The van der Waals surface area contributed by atoms with E-state index in [1.165, 1.54) is 11.1 Å². The predicted octanol–water partition coefficient (Wildman–Crippen LogP) is 4.02. The zero-order chi connectivity index (χ0) is 13.7. The summed E-state index contributed by atoms with van der Waals surface area (Å²) in [5, 5.41) is 0. The summed E-state index contributed by atoms with van der Waals surface area (Å²) in [6.07, 6.45) is 1.95. The molecule has 0 aliphatic rings. The van der Waals surface area contributed by atoms with Gasteiger partial charge in [0.15, 0.2) is 0 Å². The molecule has 0 heterocycles. The van der Waals surface area contributed by atoms with Gasteiger partial charge >= 0.3 is 0 Å². The third-order valence-electron chi connectivity index (χ3n) is 3.19. The smallest absolute Gasteiger partial charge is 0.118 e. The van der Waals surface area contributed by atoms with Crippen molar-refractivity contribution in [3.8, 4) is 11.5 Å². The maximum atomic E-state index is 5.18. The lowest BCUT2D eigenvalue weighted by molar-refractivity contribution is 0.414. The quantitative estimate of drug-likeness (QED) is 0.750. The van der Waals surface area contributed by atoms with E-state index < -0.39 is 0 Å². The molecule has 0 N–H and O–H groups in total. The van der Waals surface area contributed by atoms with Crippen LogP contribution in [0.3, 0.4) is 0 Å². The van der Waals surface area contributed by atoms with Crippen molar-refractivity contribution in [3.05, 3.63) is 72.3 Å². The molecule has 2 rings (SSSR count). The summed E-state index contributed by atoms with van der Waals surface area (Å²) in [4.78, 5) is 0. The van der Waals surface area contributed by atoms with Gasteiger partial charge in [0.2, 0.25) is 0 Å². The minimum Gasteiger partial charge on any atom is -0.497 e. The molecule has 0 bridgehead atoms. The zero-order valence-electron chi connectivity index (χ0n) is 11.3. The molecule has 0 aromatic heterocycles. The SMILES string of the molecule is C=CC(c1ccc(OC)cc1)c1ccc(OC)cc1. The van der Waals surface area contributed by atoms with Gasteiger partial charge in [-0.3, -0.25) is 0 Å². The lowest BCUT2D eigenvalue weighted by Crippen LogP contribution is -1.97. The van der Waals surface area contributed by atoms with Crippen molar-refractivity contribution in [3.63, 3.8) is 0 Å². The Kier molecular flexibility index (Phi) is 4.24. The van der Waals surface area contributed by atoms with Crippen LogP contribution in [0.1, 0.15) is 17.0 Å². The Labute approximate surface area is 114 Å². The fourth-order valence-corrected chi connectivity index (χ4v) is 2.09. The molecule has 0 atom stereocenters. The van der Waals surface area contributed by atoms with E-state index in [1.54, 1.807) is 14.2 Å². The molecular weight excluding hydrogens is 236 g/mol. The van der Waals surface area contributed by atoms with E-state index in [0.29, 0.717) is 0 Å². The van der Waals surface area contributed by atoms with Crippen LogP contribution >= 0.6 is 0 Å². The number of methoxy groups -OCH3 is 2. The van der Waals surface area contributed by atoms with Crippen molar-refractivity contribution in [2.24, 2.45) is 0 Å². The standard InChI is InChI=1S/C17H18O2/c1-4-17(13-5-9-15(18-2)10-6-13)14-7-11-16(19-3)12-8-14/h4-12,17H,1H2,2-3H3. The molecule has 98 valence electrons. The first-order chi connectivity index (χ1) is 9.28. The molecule has 0 amide bonds. The molecular formula is C17H18O2. The maximum Gasteiger partial charge on any atom is 0.118 e. The summed E-state index contributed by atoms with van der Waals surface area (Å²) < 4.78 is 10.4. The minimum atomic E-state index is 0.178. The Bertz CT molecular complexity index is 479. The molecule has 0 unspecified atom stereocenters. The van der Waals surface area contributed by atoms with Gasteiger partial charge < -0.3 is 9.47 Å². The second kappa shape index (κ2) is 6.10. The van der Waals surface area contributed by atoms with Gasteiger partial charge in [-0.1, -0.05) is 30.3 Å². The van der Waals surface area contributed by atoms with Crippen LogP contribution in [-0.2, 0) is 0 Å². The number of ether oxygens (including phenoxy) is 2. The van der Waals surface area contributed by atoms with E-state index in [0.717, 1.165) is 11.5 Å². The third-order valence-corrected chi connectivity index (χ3v) is 3.19. The van der Waals surface area contributed by atoms with E-state index in [1.807, 2.05) is 30.3 Å². The summed E-state index contributed by atoms with van der Waals surface area (Å²) in [6, 6.07) is 16.1. The number of hydrogen-bond donors (Lipinski definition) is 0. The van der Waals surface area contributed by atoms with Crippen LogP contribution in [0.5, 0.6) is 11.5 Å². The van der Waals surface area contributed by atoms with E-state index in [9.17, 15) is 0 Å². The summed E-state index contributed by atoms with van der Waals surface area (Å²) in [7, 11) is 3.34. The highest BCUT2D eigenvalue weighted by molar-refractivity contribution is 5.40. The molecule has 19 heavy (non-hydrogen) atoms. The minimum absolute atomic E-state index is 0.178. The monoisotopic (exact) mass is 254 g/mol. The zero-order valence-corrected chi connectivity index (χ0v) is 11.3. The fraction of sp³-hybridized carbons (Fsp3) is 0.176. The molecule has 0 fully saturated rings. The molecule has 2 aromatic rings. The van der Waals surface area contributed by atoms with Crippen molar-refractivity contribution in [2.75, 3.05) is 14.2 Å². The second-order valence-corrected chi connectivity index (χ2v) is 4.26. The van der Waals surface area contributed by atoms with E-state index in [4.69, 9.17) is 9.47 Å². The van der Waals surface area contributed by atoms with Crippen molar-refractivity contribution < 1.29 is 9.47 Å². The Morgan fingerprint density at radius 2 is 1.16 bits per heavy atom. The summed E-state index contributed by atoms with van der Waals surface area (Å²) >= 11 is 0. The van der Waals surface area contributed by atoms with Crippen LogP contribution in [0.25, 0.3) is 0 Å². The first kappa shape index (κ1) is 13.2. The van der Waals surface area contributed by atoms with Gasteiger partial charge in [-0.05, 0) is 35.4 Å². The van der Waals surface area contributed by atoms with Gasteiger partial charge in [0.1, 0.15) is 11.5 Å². The average Bonchev–Trinajstić information content (AvgIpc) is 2.49. The van der Waals surface area contributed by atoms with Crippen LogP contribution in [0.4, 0.5) is 0 Å². The molecule has 0 aliphatic heterocycles. The number of rotatable bonds is 5. The normalized spacial score (nSPS) is 10.3. The van der Waals surface area contributed by atoms with E-state index >= 15 is 0 Å². The molecule has 2 aromatic carbocycles. The van der Waals surface area contributed by atoms with Crippen LogP contribution in [0.15, 0.2) is 61.2 Å². The highest BCUT2D eigenvalue weighted by Gasteiger charge is 2.10. The fourth-order valence-electron chi connectivity index (χ4n) is 2.09.